The Labute approximate surface area is 91.1 Å². The normalized spacial score (nSPS) is 10.4. The molecular formula is C12H18N2O. The number of rotatable bonds is 4. The van der Waals surface area contributed by atoms with Gasteiger partial charge in [0.15, 0.2) is 0 Å². The second-order valence-electron chi connectivity index (χ2n) is 3.43. The first kappa shape index (κ1) is 11.7. The van der Waals surface area contributed by atoms with E-state index in [1.54, 1.807) is 0 Å². The van der Waals surface area contributed by atoms with E-state index in [2.05, 4.69) is 5.43 Å². The third-order valence-electron chi connectivity index (χ3n) is 2.41. The number of hydrogen-bond acceptors (Lipinski definition) is 2. The molecule has 15 heavy (non-hydrogen) atoms. The number of carbonyl (C=O) groups excluding carboxylic acids is 1. The van der Waals surface area contributed by atoms with Gasteiger partial charge in [-0.15, -0.1) is 0 Å². The van der Waals surface area contributed by atoms with Crippen molar-refractivity contribution < 1.29 is 4.79 Å². The highest BCUT2D eigenvalue weighted by atomic mass is 16.2. The summed E-state index contributed by atoms with van der Waals surface area (Å²) in [6.45, 7) is 7.60. The third kappa shape index (κ3) is 3.06. The summed E-state index contributed by atoms with van der Waals surface area (Å²) in [6.07, 6.45) is 0. The molecule has 0 fully saturated rings. The Kier molecular flexibility index (Phi) is 4.31. The van der Waals surface area contributed by atoms with Crippen molar-refractivity contribution in [2.45, 2.75) is 20.8 Å². The summed E-state index contributed by atoms with van der Waals surface area (Å²) in [5.41, 5.74) is 4.61. The van der Waals surface area contributed by atoms with Gasteiger partial charge >= 0.3 is 0 Å². The Morgan fingerprint density at radius 1 is 1.27 bits per heavy atom. The average molecular weight is 206 g/mol. The Balaban J connectivity index is 2.73. The lowest BCUT2D eigenvalue weighted by molar-refractivity contribution is 0.0805. The van der Waals surface area contributed by atoms with Crippen molar-refractivity contribution in [3.63, 3.8) is 0 Å². The highest BCUT2D eigenvalue weighted by molar-refractivity contribution is 5.95. The van der Waals surface area contributed by atoms with Crippen LogP contribution in [-0.2, 0) is 0 Å². The van der Waals surface area contributed by atoms with Gasteiger partial charge in [0.1, 0.15) is 0 Å². The first-order valence-electron chi connectivity index (χ1n) is 5.30. The van der Waals surface area contributed by atoms with Crippen LogP contribution in [0.1, 0.15) is 29.8 Å². The number of carbonyl (C=O) groups is 1. The van der Waals surface area contributed by atoms with Crippen LogP contribution >= 0.6 is 0 Å². The predicted molar refractivity (Wildman–Crippen MR) is 61.6 cm³/mol. The van der Waals surface area contributed by atoms with Crippen LogP contribution in [0.5, 0.6) is 0 Å². The van der Waals surface area contributed by atoms with Crippen LogP contribution in [0.4, 0.5) is 0 Å². The van der Waals surface area contributed by atoms with E-state index < -0.39 is 0 Å². The molecule has 3 nitrogen and oxygen atoms in total. The smallest absolute Gasteiger partial charge is 0.265 e. The number of amides is 1. The van der Waals surface area contributed by atoms with Gasteiger partial charge in [-0.25, -0.2) is 5.01 Å². The molecule has 0 aliphatic rings. The summed E-state index contributed by atoms with van der Waals surface area (Å²) in [4.78, 5) is 11.8. The van der Waals surface area contributed by atoms with Crippen molar-refractivity contribution in [1.82, 2.24) is 10.4 Å². The topological polar surface area (TPSA) is 32.3 Å². The molecule has 1 rings (SSSR count). The van der Waals surface area contributed by atoms with E-state index in [1.165, 1.54) is 0 Å². The van der Waals surface area contributed by atoms with Crippen molar-refractivity contribution in [2.24, 2.45) is 0 Å². The molecule has 1 N–H and O–H groups in total. The lowest BCUT2D eigenvalue weighted by Crippen LogP contribution is -2.42. The van der Waals surface area contributed by atoms with Gasteiger partial charge in [0.2, 0.25) is 0 Å². The van der Waals surface area contributed by atoms with E-state index in [0.29, 0.717) is 0 Å². The van der Waals surface area contributed by atoms with E-state index in [-0.39, 0.29) is 5.91 Å². The van der Waals surface area contributed by atoms with Crippen LogP contribution in [0, 0.1) is 6.92 Å². The number of hydrogen-bond donors (Lipinski definition) is 1. The highest BCUT2D eigenvalue weighted by Gasteiger charge is 2.09. The number of nitrogens with one attached hydrogen (secondary N) is 1. The maximum atomic E-state index is 11.8. The van der Waals surface area contributed by atoms with Crippen LogP contribution in [0.2, 0.25) is 0 Å². The van der Waals surface area contributed by atoms with Crippen molar-refractivity contribution in [1.29, 1.82) is 0 Å². The fraction of sp³-hybridized carbons (Fsp3) is 0.417. The van der Waals surface area contributed by atoms with Crippen molar-refractivity contribution >= 4 is 5.91 Å². The summed E-state index contributed by atoms with van der Waals surface area (Å²) in [5, 5.41) is 1.88. The molecule has 0 heterocycles. The zero-order chi connectivity index (χ0) is 11.3. The number of benzene rings is 1. The zero-order valence-electron chi connectivity index (χ0n) is 9.58. The van der Waals surface area contributed by atoms with Crippen molar-refractivity contribution in [2.75, 3.05) is 13.1 Å². The minimum absolute atomic E-state index is 0.0307. The molecular weight excluding hydrogens is 188 g/mol. The Morgan fingerprint density at radius 3 is 2.40 bits per heavy atom. The summed E-state index contributed by atoms with van der Waals surface area (Å²) in [5.74, 6) is -0.0307. The molecule has 1 amide bonds. The highest BCUT2D eigenvalue weighted by Crippen LogP contribution is 2.06. The minimum Gasteiger partial charge on any atom is -0.285 e. The summed E-state index contributed by atoms with van der Waals surface area (Å²) in [7, 11) is 0. The van der Waals surface area contributed by atoms with Gasteiger partial charge in [-0.1, -0.05) is 32.0 Å². The Hall–Kier alpha value is -1.35. The third-order valence-corrected chi connectivity index (χ3v) is 2.41. The van der Waals surface area contributed by atoms with E-state index in [0.717, 1.165) is 24.2 Å². The second kappa shape index (κ2) is 5.51. The van der Waals surface area contributed by atoms with Crippen molar-refractivity contribution in [3.05, 3.63) is 35.4 Å². The molecule has 3 heteroatoms. The second-order valence-corrected chi connectivity index (χ2v) is 3.43. The molecule has 0 radical (unpaired) electrons. The standard InChI is InChI=1S/C12H18N2O/c1-4-14(5-2)13-12(15)11-9-7-6-8-10(11)3/h6-9H,4-5H2,1-3H3,(H,13,15). The number of hydrazine groups is 1. The fourth-order valence-corrected chi connectivity index (χ4v) is 1.41. The lowest BCUT2D eigenvalue weighted by atomic mass is 10.1. The van der Waals surface area contributed by atoms with Crippen LogP contribution in [0.3, 0.4) is 0 Å². The molecule has 0 saturated carbocycles. The molecule has 0 aliphatic carbocycles. The zero-order valence-corrected chi connectivity index (χ0v) is 9.58. The molecule has 0 saturated heterocycles. The van der Waals surface area contributed by atoms with E-state index in [4.69, 9.17) is 0 Å². The van der Waals surface area contributed by atoms with Gasteiger partial charge < -0.3 is 0 Å². The minimum atomic E-state index is -0.0307. The first-order chi connectivity index (χ1) is 7.19. The van der Waals surface area contributed by atoms with Gasteiger partial charge in [0.05, 0.1) is 0 Å². The molecule has 0 aromatic heterocycles. The van der Waals surface area contributed by atoms with Crippen LogP contribution in [0.15, 0.2) is 24.3 Å². The molecule has 0 spiro atoms. The molecule has 82 valence electrons. The largest absolute Gasteiger partial charge is 0.285 e. The summed E-state index contributed by atoms with van der Waals surface area (Å²) >= 11 is 0. The fourth-order valence-electron chi connectivity index (χ4n) is 1.41. The van der Waals surface area contributed by atoms with Crippen LogP contribution in [-0.4, -0.2) is 24.0 Å². The van der Waals surface area contributed by atoms with Gasteiger partial charge in [0, 0.05) is 18.7 Å². The summed E-state index contributed by atoms with van der Waals surface area (Å²) < 4.78 is 0. The predicted octanol–water partition coefficient (Wildman–Crippen LogP) is 1.98. The van der Waals surface area contributed by atoms with Gasteiger partial charge in [-0.3, -0.25) is 10.2 Å². The van der Waals surface area contributed by atoms with Gasteiger partial charge in [0.25, 0.3) is 5.91 Å². The molecule has 0 aliphatic heterocycles. The quantitative estimate of drug-likeness (QED) is 0.764. The lowest BCUT2D eigenvalue weighted by Gasteiger charge is -2.19. The molecule has 0 unspecified atom stereocenters. The Bertz CT molecular complexity index is 332. The van der Waals surface area contributed by atoms with Crippen LogP contribution in [0.25, 0.3) is 0 Å². The van der Waals surface area contributed by atoms with Gasteiger partial charge in [-0.05, 0) is 18.6 Å². The Morgan fingerprint density at radius 2 is 1.87 bits per heavy atom. The van der Waals surface area contributed by atoms with Crippen molar-refractivity contribution in [3.8, 4) is 0 Å². The van der Waals surface area contributed by atoms with E-state index in [1.807, 2.05) is 50.0 Å². The van der Waals surface area contributed by atoms with E-state index >= 15 is 0 Å². The maximum Gasteiger partial charge on any atom is 0.265 e. The molecule has 0 bridgehead atoms. The first-order valence-corrected chi connectivity index (χ1v) is 5.30. The average Bonchev–Trinajstić information content (AvgIpc) is 2.26. The number of nitrogens with zero attached hydrogens (tertiary/aromatic N) is 1. The molecule has 0 atom stereocenters. The van der Waals surface area contributed by atoms with E-state index in [9.17, 15) is 4.79 Å². The maximum absolute atomic E-state index is 11.8. The summed E-state index contributed by atoms with van der Waals surface area (Å²) in [6, 6.07) is 7.60. The monoisotopic (exact) mass is 206 g/mol. The molecule has 1 aromatic carbocycles. The number of aryl methyl sites for hydroxylation is 1. The molecule has 1 aromatic rings. The van der Waals surface area contributed by atoms with Gasteiger partial charge in [-0.2, -0.15) is 0 Å². The SMILES string of the molecule is CCN(CC)NC(=O)c1ccccc1C. The van der Waals surface area contributed by atoms with Crippen LogP contribution < -0.4 is 5.43 Å².